The van der Waals surface area contributed by atoms with Crippen molar-refractivity contribution in [3.63, 3.8) is 0 Å². The van der Waals surface area contributed by atoms with Gasteiger partial charge in [0.2, 0.25) is 0 Å². The van der Waals surface area contributed by atoms with Crippen LogP contribution in [0.2, 0.25) is 5.02 Å². The second-order valence-electron chi connectivity index (χ2n) is 11.2. The summed E-state index contributed by atoms with van der Waals surface area (Å²) >= 11 is 5.50. The number of morpholine rings is 1. The summed E-state index contributed by atoms with van der Waals surface area (Å²) in [4.78, 5) is 28.8. The smallest absolute Gasteiger partial charge is 0.416 e. The summed E-state index contributed by atoms with van der Waals surface area (Å²) in [5.41, 5.74) is 0.579. The van der Waals surface area contributed by atoms with Gasteiger partial charge in [0.05, 0.1) is 32.5 Å². The number of halogens is 4. The summed E-state index contributed by atoms with van der Waals surface area (Å²) < 4.78 is 50.7. The van der Waals surface area contributed by atoms with Gasteiger partial charge in [0.15, 0.2) is 0 Å². The minimum Gasteiger partial charge on any atom is -0.497 e. The number of alkyl halides is 3. The van der Waals surface area contributed by atoms with E-state index in [1.54, 1.807) is 93.3 Å². The molecule has 310 valence electrons. The van der Waals surface area contributed by atoms with Gasteiger partial charge in [-0.3, -0.25) is 34.9 Å². The maximum atomic E-state index is 11.8. The summed E-state index contributed by atoms with van der Waals surface area (Å²) in [5, 5.41) is 0.731. The molecule has 0 amide bonds. The molecule has 0 aromatic carbocycles. The largest absolute Gasteiger partial charge is 0.497 e. The molecule has 0 N–H and O–H groups in total. The maximum absolute atomic E-state index is 11.8. The lowest BCUT2D eigenvalue weighted by Gasteiger charge is -2.28. The predicted molar refractivity (Wildman–Crippen MR) is 225 cm³/mol. The highest BCUT2D eigenvalue weighted by Gasteiger charge is 2.29. The summed E-state index contributed by atoms with van der Waals surface area (Å²) in [6.07, 6.45) is 19.8. The normalized spacial score (nSPS) is 11.0. The molecule has 1 aliphatic heterocycles. The van der Waals surface area contributed by atoms with Gasteiger partial charge in [0.25, 0.3) is 0 Å². The van der Waals surface area contributed by atoms with Crippen LogP contribution in [0.3, 0.4) is 0 Å². The standard InChI is InChI=1S/C9H12N2O.C8H11NO.C6H4F3N.C6H7NO.C5H4ClN.2C5H5N/c1-3-10-4-2-9(1)11-5-7-12-8-6-11;1-2-7-10-8-3-5-9-6-4-8;7-6(8,9)5-1-3-10-4-2-5;1-8-6-2-4-7-5-3-6;6-5-1-3-7-4-2-5;2*1-2-4-6-5-3-1/h1-4H,5-8H2;3-6H,2,7H2,1H3;1-4H;2-5H,1H3;1-4H;2*1-5H. The van der Waals surface area contributed by atoms with E-state index in [1.165, 1.54) is 5.69 Å². The van der Waals surface area contributed by atoms with E-state index in [-0.39, 0.29) is 0 Å². The molecule has 1 aliphatic rings. The van der Waals surface area contributed by atoms with E-state index in [1.807, 2.05) is 73.1 Å². The van der Waals surface area contributed by atoms with E-state index < -0.39 is 11.7 Å². The molecular weight excluding hydrogens is 781 g/mol. The van der Waals surface area contributed by atoms with Crippen LogP contribution in [-0.2, 0) is 10.9 Å². The van der Waals surface area contributed by atoms with E-state index in [2.05, 4.69) is 46.7 Å². The van der Waals surface area contributed by atoms with Gasteiger partial charge in [-0.1, -0.05) is 30.7 Å². The number of ether oxygens (including phenoxy) is 3. The number of pyridine rings is 7. The molecule has 59 heavy (non-hydrogen) atoms. The van der Waals surface area contributed by atoms with Crippen LogP contribution in [0.25, 0.3) is 0 Å². The molecule has 0 radical (unpaired) electrons. The lowest BCUT2D eigenvalue weighted by atomic mass is 10.3. The molecular formula is C44H48ClF3N8O3. The summed E-state index contributed by atoms with van der Waals surface area (Å²) in [6.45, 7) is 6.52. The summed E-state index contributed by atoms with van der Waals surface area (Å²) in [6, 6.07) is 28.2. The molecule has 8 rings (SSSR count). The van der Waals surface area contributed by atoms with Crippen molar-refractivity contribution in [2.24, 2.45) is 0 Å². The lowest BCUT2D eigenvalue weighted by molar-refractivity contribution is -0.137. The molecule has 11 nitrogen and oxygen atoms in total. The molecule has 1 saturated heterocycles. The molecule has 0 unspecified atom stereocenters. The molecule has 7 aromatic heterocycles. The Morgan fingerprint density at radius 3 is 1.25 bits per heavy atom. The Balaban J connectivity index is 0.000000241. The number of hydrogen-bond donors (Lipinski definition) is 0. The zero-order chi connectivity index (χ0) is 42.5. The fourth-order valence-electron chi connectivity index (χ4n) is 4.00. The Morgan fingerprint density at radius 2 is 0.949 bits per heavy atom. The summed E-state index contributed by atoms with van der Waals surface area (Å²) in [5.74, 6) is 1.75. The average molecular weight is 829 g/mol. The molecule has 0 bridgehead atoms. The van der Waals surface area contributed by atoms with Gasteiger partial charge in [0.1, 0.15) is 11.5 Å². The minimum atomic E-state index is -4.25. The van der Waals surface area contributed by atoms with Crippen molar-refractivity contribution in [1.82, 2.24) is 34.9 Å². The van der Waals surface area contributed by atoms with Gasteiger partial charge in [-0.15, -0.1) is 0 Å². The quantitative estimate of drug-likeness (QED) is 0.165. The zero-order valence-electron chi connectivity index (χ0n) is 32.9. The van der Waals surface area contributed by atoms with E-state index >= 15 is 0 Å². The van der Waals surface area contributed by atoms with Crippen molar-refractivity contribution >= 4 is 17.3 Å². The second-order valence-corrected chi connectivity index (χ2v) is 11.6. The lowest BCUT2D eigenvalue weighted by Crippen LogP contribution is -2.36. The van der Waals surface area contributed by atoms with Crippen LogP contribution in [0.4, 0.5) is 18.9 Å². The third-order valence-electron chi connectivity index (χ3n) is 6.83. The van der Waals surface area contributed by atoms with Crippen molar-refractivity contribution in [2.45, 2.75) is 19.5 Å². The van der Waals surface area contributed by atoms with Crippen LogP contribution >= 0.6 is 11.6 Å². The van der Waals surface area contributed by atoms with E-state index in [0.717, 1.165) is 80.4 Å². The van der Waals surface area contributed by atoms with Crippen LogP contribution in [-0.4, -0.2) is 74.9 Å². The van der Waals surface area contributed by atoms with Gasteiger partial charge < -0.3 is 19.1 Å². The molecule has 15 heteroatoms. The van der Waals surface area contributed by atoms with Gasteiger partial charge >= 0.3 is 6.18 Å². The van der Waals surface area contributed by atoms with Gasteiger partial charge in [-0.2, -0.15) is 13.2 Å². The molecule has 0 spiro atoms. The highest BCUT2D eigenvalue weighted by atomic mass is 35.5. The third kappa shape index (κ3) is 26.1. The topological polar surface area (TPSA) is 121 Å². The highest BCUT2D eigenvalue weighted by molar-refractivity contribution is 6.30. The monoisotopic (exact) mass is 828 g/mol. The van der Waals surface area contributed by atoms with Crippen LogP contribution in [0.5, 0.6) is 11.5 Å². The minimum absolute atomic E-state index is 0.664. The molecule has 8 heterocycles. The Hall–Kier alpha value is -6.51. The second kappa shape index (κ2) is 32.6. The number of methoxy groups -OCH3 is 1. The molecule has 0 aliphatic carbocycles. The van der Waals surface area contributed by atoms with Crippen molar-refractivity contribution in [3.05, 3.63) is 194 Å². The first kappa shape index (κ1) is 48.6. The fraction of sp³-hybridized carbons (Fsp3) is 0.205. The van der Waals surface area contributed by atoms with Crippen LogP contribution < -0.4 is 14.4 Å². The number of anilines is 1. The van der Waals surface area contributed by atoms with Crippen molar-refractivity contribution in [2.75, 3.05) is 44.9 Å². The fourth-order valence-corrected chi connectivity index (χ4v) is 4.12. The van der Waals surface area contributed by atoms with Gasteiger partial charge in [-0.05, 0) is 91.3 Å². The van der Waals surface area contributed by atoms with Gasteiger partial charge in [0, 0.05) is 111 Å². The molecule has 7 aromatic rings. The maximum Gasteiger partial charge on any atom is 0.416 e. The first-order valence-electron chi connectivity index (χ1n) is 18.3. The summed E-state index contributed by atoms with van der Waals surface area (Å²) in [7, 11) is 1.63. The van der Waals surface area contributed by atoms with Crippen LogP contribution in [0.15, 0.2) is 184 Å². The molecule has 1 fully saturated rings. The van der Waals surface area contributed by atoms with E-state index in [0.29, 0.717) is 0 Å². The van der Waals surface area contributed by atoms with E-state index in [9.17, 15) is 13.2 Å². The van der Waals surface area contributed by atoms with Crippen LogP contribution in [0, 0.1) is 0 Å². The van der Waals surface area contributed by atoms with Crippen molar-refractivity contribution in [3.8, 4) is 11.5 Å². The SMILES string of the molecule is CCCOc1ccncc1.COc1ccncc1.Clc1ccncc1.FC(F)(F)c1ccncc1.c1cc(N2CCOCC2)ccn1.c1ccncc1.c1ccncc1. The first-order chi connectivity index (χ1) is 28.8. The number of hydrogen-bond acceptors (Lipinski definition) is 11. The van der Waals surface area contributed by atoms with Crippen molar-refractivity contribution in [1.29, 1.82) is 0 Å². The number of nitrogens with zero attached hydrogens (tertiary/aromatic N) is 8. The average Bonchev–Trinajstić information content (AvgIpc) is 3.32. The Bertz CT molecular complexity index is 1830. The first-order valence-corrected chi connectivity index (χ1v) is 18.6. The molecule has 0 saturated carbocycles. The third-order valence-corrected chi connectivity index (χ3v) is 7.08. The zero-order valence-corrected chi connectivity index (χ0v) is 33.6. The van der Waals surface area contributed by atoms with E-state index in [4.69, 9.17) is 25.8 Å². The Labute approximate surface area is 349 Å². The predicted octanol–water partition coefficient (Wildman–Crippen LogP) is 9.88. The highest BCUT2D eigenvalue weighted by Crippen LogP contribution is 2.27. The Morgan fingerprint density at radius 1 is 0.559 bits per heavy atom. The number of aromatic nitrogens is 7. The van der Waals surface area contributed by atoms with Gasteiger partial charge in [-0.25, -0.2) is 0 Å². The number of rotatable bonds is 5. The molecule has 0 atom stereocenters. The van der Waals surface area contributed by atoms with Crippen molar-refractivity contribution < 1.29 is 27.4 Å². The van der Waals surface area contributed by atoms with Crippen LogP contribution in [0.1, 0.15) is 18.9 Å². The Kier molecular flexibility index (Phi) is 26.8.